The Balaban J connectivity index is 0.000000371. The number of aliphatic carboxylic acids is 1. The van der Waals surface area contributed by atoms with Gasteiger partial charge in [-0.25, -0.2) is 18.4 Å². The predicted molar refractivity (Wildman–Crippen MR) is 105 cm³/mol. The highest BCUT2D eigenvalue weighted by atomic mass is 19.4. The average molecular weight is 550 g/mol. The Labute approximate surface area is 203 Å². The normalized spacial score (nSPS) is 13.1. The van der Waals surface area contributed by atoms with E-state index in [9.17, 15) is 44.7 Å². The van der Waals surface area contributed by atoms with Gasteiger partial charge in [0.2, 0.25) is 0 Å². The molecule has 37 heavy (non-hydrogen) atoms. The zero-order chi connectivity index (χ0) is 28.6. The minimum absolute atomic E-state index is 0.0185. The predicted octanol–water partition coefficient (Wildman–Crippen LogP) is 5.08. The van der Waals surface area contributed by atoms with E-state index in [4.69, 9.17) is 9.84 Å². The maximum atomic E-state index is 13.2. The Kier molecular flexibility index (Phi) is 11.1. The summed E-state index contributed by atoms with van der Waals surface area (Å²) in [7, 11) is 3.31. The summed E-state index contributed by atoms with van der Waals surface area (Å²) in [5.41, 5.74) is -0.180. The molecule has 0 aliphatic heterocycles. The van der Waals surface area contributed by atoms with Crippen LogP contribution in [0, 0.1) is 11.6 Å². The summed E-state index contributed by atoms with van der Waals surface area (Å²) in [5.74, 6) is -6.86. The van der Waals surface area contributed by atoms with Crippen molar-refractivity contribution in [1.82, 2.24) is 0 Å². The Morgan fingerprint density at radius 1 is 0.730 bits per heavy atom. The summed E-state index contributed by atoms with van der Waals surface area (Å²) in [5, 5.41) is 8.74. The van der Waals surface area contributed by atoms with Crippen molar-refractivity contribution in [2.45, 2.75) is 24.9 Å². The second kappa shape index (κ2) is 13.0. The quantitative estimate of drug-likeness (QED) is 0.359. The molecule has 0 aliphatic rings. The monoisotopic (exact) mass is 550 g/mol. The van der Waals surface area contributed by atoms with E-state index in [1.165, 1.54) is 0 Å². The van der Waals surface area contributed by atoms with Crippen LogP contribution >= 0.6 is 0 Å². The van der Waals surface area contributed by atoms with Crippen molar-refractivity contribution >= 4 is 11.9 Å². The first kappa shape index (κ1) is 31.4. The first-order chi connectivity index (χ1) is 17.0. The number of carboxylic acid groups (broad SMARTS) is 1. The molecule has 1 N–H and O–H groups in total. The molecule has 8 nitrogen and oxygen atoms in total. The van der Waals surface area contributed by atoms with Crippen LogP contribution in [0.4, 0.5) is 35.1 Å². The van der Waals surface area contributed by atoms with Crippen LogP contribution in [0.2, 0.25) is 0 Å². The number of esters is 1. The van der Waals surface area contributed by atoms with Gasteiger partial charge in [-0.15, -0.1) is 26.3 Å². The van der Waals surface area contributed by atoms with Crippen LogP contribution in [0.25, 0.3) is 0 Å². The third-order valence-corrected chi connectivity index (χ3v) is 4.08. The fourth-order valence-corrected chi connectivity index (χ4v) is 2.63. The smallest absolute Gasteiger partial charge is 0.479 e. The van der Waals surface area contributed by atoms with E-state index in [1.54, 1.807) is 0 Å². The van der Waals surface area contributed by atoms with E-state index in [0.717, 1.165) is 45.6 Å². The van der Waals surface area contributed by atoms with Gasteiger partial charge in [-0.05, 0) is 35.4 Å². The van der Waals surface area contributed by atoms with Gasteiger partial charge in [-0.1, -0.05) is 12.1 Å². The summed E-state index contributed by atoms with van der Waals surface area (Å²) < 4.78 is 119. The Morgan fingerprint density at radius 3 is 1.41 bits per heavy atom. The minimum Gasteiger partial charge on any atom is -0.479 e. The van der Waals surface area contributed by atoms with Crippen LogP contribution in [-0.4, -0.2) is 51.1 Å². The largest absolute Gasteiger partial charge is 0.573 e. The molecule has 2 aromatic rings. The number of hydrogen-bond donors (Lipinski definition) is 1. The molecule has 2 unspecified atom stereocenters. The molecule has 2 rings (SSSR count). The molecule has 0 heterocycles. The molecular formula is C21H18F8O8. The lowest BCUT2D eigenvalue weighted by atomic mass is 10.1. The fourth-order valence-electron chi connectivity index (χ4n) is 2.63. The van der Waals surface area contributed by atoms with Crippen LogP contribution in [-0.2, 0) is 23.8 Å². The molecule has 0 amide bonds. The second-order valence-electron chi connectivity index (χ2n) is 6.57. The highest BCUT2D eigenvalue weighted by Crippen LogP contribution is 2.31. The maximum Gasteiger partial charge on any atom is 0.573 e. The summed E-state index contributed by atoms with van der Waals surface area (Å²) in [4.78, 5) is 22.1. The SMILES string of the molecule is COC(=O)C(OC)c1ccc(F)c(OC(F)(F)F)c1.COC(C(=O)O)c1ccc(F)c(OC(F)(F)F)c1. The van der Waals surface area contributed by atoms with Gasteiger partial charge < -0.3 is 28.8 Å². The number of halogens is 8. The molecule has 16 heteroatoms. The number of carbonyl (C=O) groups excluding carboxylic acids is 1. The molecule has 0 radical (unpaired) electrons. The molecule has 0 spiro atoms. The van der Waals surface area contributed by atoms with Crippen molar-refractivity contribution in [3.05, 3.63) is 59.2 Å². The van der Waals surface area contributed by atoms with Gasteiger partial charge in [0.15, 0.2) is 35.3 Å². The van der Waals surface area contributed by atoms with Crippen molar-refractivity contribution in [3.63, 3.8) is 0 Å². The Morgan fingerprint density at radius 2 is 1.11 bits per heavy atom. The zero-order valence-electron chi connectivity index (χ0n) is 18.9. The van der Waals surface area contributed by atoms with Gasteiger partial charge >= 0.3 is 24.7 Å². The molecule has 2 aromatic carbocycles. The Hall–Kier alpha value is -3.66. The van der Waals surface area contributed by atoms with Crippen molar-refractivity contribution in [2.75, 3.05) is 21.3 Å². The summed E-state index contributed by atoms with van der Waals surface area (Å²) in [6, 6.07) is 4.88. The van der Waals surface area contributed by atoms with E-state index >= 15 is 0 Å². The van der Waals surface area contributed by atoms with Crippen LogP contribution < -0.4 is 9.47 Å². The zero-order valence-corrected chi connectivity index (χ0v) is 18.9. The number of carboxylic acids is 1. The van der Waals surface area contributed by atoms with E-state index < -0.39 is 60.0 Å². The van der Waals surface area contributed by atoms with Crippen LogP contribution in [0.1, 0.15) is 23.3 Å². The maximum absolute atomic E-state index is 13.2. The molecule has 0 saturated carbocycles. The number of methoxy groups -OCH3 is 3. The number of benzene rings is 2. The van der Waals surface area contributed by atoms with E-state index in [-0.39, 0.29) is 11.1 Å². The van der Waals surface area contributed by atoms with E-state index in [1.807, 2.05) is 0 Å². The summed E-state index contributed by atoms with van der Waals surface area (Å²) >= 11 is 0. The molecule has 0 fully saturated rings. The summed E-state index contributed by atoms with van der Waals surface area (Å²) in [6.07, 6.45) is -12.9. The van der Waals surface area contributed by atoms with E-state index in [2.05, 4.69) is 18.9 Å². The van der Waals surface area contributed by atoms with Gasteiger partial charge in [0.25, 0.3) is 0 Å². The lowest BCUT2D eigenvalue weighted by molar-refractivity contribution is -0.276. The van der Waals surface area contributed by atoms with Crippen molar-refractivity contribution in [3.8, 4) is 11.5 Å². The number of ether oxygens (including phenoxy) is 5. The van der Waals surface area contributed by atoms with Gasteiger partial charge in [-0.2, -0.15) is 0 Å². The fraction of sp³-hybridized carbons (Fsp3) is 0.333. The third-order valence-electron chi connectivity index (χ3n) is 4.08. The molecule has 206 valence electrons. The molecule has 0 saturated heterocycles. The molecule has 0 aromatic heterocycles. The van der Waals surface area contributed by atoms with Gasteiger partial charge in [0.1, 0.15) is 0 Å². The van der Waals surface area contributed by atoms with Crippen LogP contribution in [0.15, 0.2) is 36.4 Å². The van der Waals surface area contributed by atoms with Crippen LogP contribution in [0.3, 0.4) is 0 Å². The van der Waals surface area contributed by atoms with Gasteiger partial charge in [0, 0.05) is 14.2 Å². The van der Waals surface area contributed by atoms with Crippen molar-refractivity contribution < 1.29 is 73.5 Å². The first-order valence-corrected chi connectivity index (χ1v) is 9.49. The van der Waals surface area contributed by atoms with Gasteiger partial charge in [-0.3, -0.25) is 0 Å². The first-order valence-electron chi connectivity index (χ1n) is 9.49. The third kappa shape index (κ3) is 10.1. The number of rotatable bonds is 8. The van der Waals surface area contributed by atoms with Crippen LogP contribution in [0.5, 0.6) is 11.5 Å². The van der Waals surface area contributed by atoms with Crippen molar-refractivity contribution in [2.24, 2.45) is 0 Å². The lowest BCUT2D eigenvalue weighted by Crippen LogP contribution is -2.19. The number of alkyl halides is 6. The topological polar surface area (TPSA) is 101 Å². The highest BCUT2D eigenvalue weighted by molar-refractivity contribution is 5.76. The minimum atomic E-state index is -5.06. The standard InChI is InChI=1S/C11H10F4O4.C10H8F4O4/c1-17-9(10(16)18-2)6-3-4-7(12)8(5-6)19-11(13,14)15;1-17-8(9(15)16)5-2-3-6(11)7(4-5)18-10(12,13)14/h3-5,9H,1-2H3;2-4,8H,1H3,(H,15,16). The molecule has 2 atom stereocenters. The van der Waals surface area contributed by atoms with E-state index in [0.29, 0.717) is 12.1 Å². The highest BCUT2D eigenvalue weighted by Gasteiger charge is 2.34. The van der Waals surface area contributed by atoms with Gasteiger partial charge in [0.05, 0.1) is 7.11 Å². The number of hydrogen-bond acceptors (Lipinski definition) is 7. The van der Waals surface area contributed by atoms with Crippen molar-refractivity contribution in [1.29, 1.82) is 0 Å². The summed E-state index contributed by atoms with van der Waals surface area (Å²) in [6.45, 7) is 0. The molecule has 0 bridgehead atoms. The number of carbonyl (C=O) groups is 2. The lowest BCUT2D eigenvalue weighted by Gasteiger charge is -2.15. The molecular weight excluding hydrogens is 532 g/mol. The average Bonchev–Trinajstić information content (AvgIpc) is 2.77. The Bertz CT molecular complexity index is 1070. The second-order valence-corrected chi connectivity index (χ2v) is 6.57. The molecule has 0 aliphatic carbocycles.